The number of hydrogen-bond donors (Lipinski definition) is 2. The molecule has 10 nitrogen and oxygen atoms in total. The van der Waals surface area contributed by atoms with E-state index in [1.54, 1.807) is 4.90 Å². The zero-order valence-electron chi connectivity index (χ0n) is 24.7. The van der Waals surface area contributed by atoms with Gasteiger partial charge in [-0.05, 0) is 60.9 Å². The van der Waals surface area contributed by atoms with Gasteiger partial charge in [0, 0.05) is 44.6 Å². The first-order valence-electron chi connectivity index (χ1n) is 14.5. The summed E-state index contributed by atoms with van der Waals surface area (Å²) in [5.41, 5.74) is 1.73. The maximum absolute atomic E-state index is 14.0. The largest absolute Gasteiger partial charge is 0.481 e. The molecule has 3 atom stereocenters. The highest BCUT2D eigenvalue weighted by atomic mass is 16.7. The summed E-state index contributed by atoms with van der Waals surface area (Å²) in [6.07, 6.45) is -1.25. The Kier molecular flexibility index (Phi) is 11.0. The molecule has 230 valence electrons. The maximum atomic E-state index is 14.0. The summed E-state index contributed by atoms with van der Waals surface area (Å²) in [6, 6.07) is 19.0. The zero-order chi connectivity index (χ0) is 30.9. The van der Waals surface area contributed by atoms with Gasteiger partial charge in [-0.15, -0.1) is 0 Å². The predicted molar refractivity (Wildman–Crippen MR) is 159 cm³/mol. The molecule has 43 heavy (non-hydrogen) atoms. The monoisotopic (exact) mass is 593 g/mol. The van der Waals surface area contributed by atoms with Crippen molar-refractivity contribution < 1.29 is 43.5 Å². The number of benzene rings is 3. The lowest BCUT2D eigenvalue weighted by molar-refractivity contribution is -0.153. The normalized spacial score (nSPS) is 14.4. The molecule has 0 aromatic heterocycles. The summed E-state index contributed by atoms with van der Waals surface area (Å²) in [5, 5.41) is 21.1. The number of carboxylic acids is 2. The van der Waals surface area contributed by atoms with Crippen molar-refractivity contribution in [3.63, 3.8) is 0 Å². The number of nitrogens with zero attached hydrogens (tertiary/aromatic N) is 1. The molecule has 0 spiro atoms. The van der Waals surface area contributed by atoms with Crippen molar-refractivity contribution in [3.8, 4) is 11.5 Å². The second-order valence-electron chi connectivity index (χ2n) is 10.6. The number of carbonyl (C=O) groups is 3. The lowest BCUT2D eigenvalue weighted by Gasteiger charge is -2.37. The smallest absolute Gasteiger partial charge is 0.307 e. The van der Waals surface area contributed by atoms with E-state index in [2.05, 4.69) is 0 Å². The average molecular weight is 594 g/mol. The van der Waals surface area contributed by atoms with E-state index in [4.69, 9.17) is 18.9 Å². The van der Waals surface area contributed by atoms with Crippen molar-refractivity contribution in [2.45, 2.75) is 64.8 Å². The van der Waals surface area contributed by atoms with Crippen LogP contribution >= 0.6 is 0 Å². The van der Waals surface area contributed by atoms with Crippen LogP contribution in [0.25, 0.3) is 10.8 Å². The predicted octanol–water partition coefficient (Wildman–Crippen LogP) is 5.42. The van der Waals surface area contributed by atoms with Crippen LogP contribution in [0.15, 0.2) is 60.7 Å². The first-order valence-corrected chi connectivity index (χ1v) is 14.5. The molecule has 10 heteroatoms. The second-order valence-corrected chi connectivity index (χ2v) is 10.6. The summed E-state index contributed by atoms with van der Waals surface area (Å²) in [4.78, 5) is 39.0. The van der Waals surface area contributed by atoms with E-state index in [1.165, 1.54) is 0 Å². The molecule has 1 amide bonds. The highest BCUT2D eigenvalue weighted by Gasteiger charge is 2.34. The van der Waals surface area contributed by atoms with Crippen LogP contribution in [0.5, 0.6) is 11.5 Å². The molecular formula is C33H39NO9. The molecule has 4 rings (SSSR count). The Labute approximate surface area is 251 Å². The Bertz CT molecular complexity index is 1420. The van der Waals surface area contributed by atoms with Gasteiger partial charge in [-0.3, -0.25) is 14.4 Å². The fraction of sp³-hybridized carbons (Fsp3) is 0.424. The maximum Gasteiger partial charge on any atom is 0.307 e. The number of rotatable bonds is 16. The van der Waals surface area contributed by atoms with E-state index < -0.39 is 48.9 Å². The summed E-state index contributed by atoms with van der Waals surface area (Å²) >= 11 is 0. The standard InChI is InChI=1S/C33H39NO9/c1-4-40-32(41-5-2)18-27(25-12-13-28-29(15-25)43-20-42-28)21(3)34(30(35)16-26(33(38)39)17-31(36)37)19-22-10-11-23-8-6-7-9-24(23)14-22/h6-15,21,26-27,32H,4-5,16-20H2,1-3H3,(H,36,37)(H,38,39). The lowest BCUT2D eigenvalue weighted by Crippen LogP contribution is -2.44. The number of carboxylic acid groups (broad SMARTS) is 2. The minimum atomic E-state index is -1.36. The van der Waals surface area contributed by atoms with E-state index in [9.17, 15) is 24.6 Å². The molecule has 3 aromatic rings. The number of aliphatic carboxylic acids is 2. The quantitative estimate of drug-likeness (QED) is 0.209. The molecule has 1 aliphatic heterocycles. The third-order valence-corrected chi connectivity index (χ3v) is 7.73. The highest BCUT2D eigenvalue weighted by Crippen LogP contribution is 2.38. The van der Waals surface area contributed by atoms with Gasteiger partial charge in [-0.2, -0.15) is 0 Å². The molecule has 0 aliphatic carbocycles. The lowest BCUT2D eigenvalue weighted by atomic mass is 9.87. The number of hydrogen-bond acceptors (Lipinski definition) is 7. The minimum absolute atomic E-state index is 0.117. The molecule has 1 aliphatic rings. The van der Waals surface area contributed by atoms with Gasteiger partial charge in [0.2, 0.25) is 12.7 Å². The summed E-state index contributed by atoms with van der Waals surface area (Å²) in [5.74, 6) is -3.51. The van der Waals surface area contributed by atoms with Crippen molar-refractivity contribution in [1.29, 1.82) is 0 Å². The van der Waals surface area contributed by atoms with E-state index in [0.29, 0.717) is 31.1 Å². The van der Waals surface area contributed by atoms with Crippen LogP contribution < -0.4 is 9.47 Å². The highest BCUT2D eigenvalue weighted by molar-refractivity contribution is 5.86. The van der Waals surface area contributed by atoms with Gasteiger partial charge in [-0.1, -0.05) is 42.5 Å². The van der Waals surface area contributed by atoms with Crippen LogP contribution in [-0.4, -0.2) is 65.3 Å². The van der Waals surface area contributed by atoms with Crippen LogP contribution in [0.3, 0.4) is 0 Å². The van der Waals surface area contributed by atoms with Gasteiger partial charge in [0.15, 0.2) is 17.8 Å². The van der Waals surface area contributed by atoms with E-state index in [1.807, 2.05) is 81.4 Å². The second kappa shape index (κ2) is 14.8. The van der Waals surface area contributed by atoms with Crippen molar-refractivity contribution >= 4 is 28.6 Å². The number of fused-ring (bicyclic) bond motifs is 2. The van der Waals surface area contributed by atoms with Gasteiger partial charge in [-0.25, -0.2) is 0 Å². The minimum Gasteiger partial charge on any atom is -0.481 e. The van der Waals surface area contributed by atoms with Crippen molar-refractivity contribution in [2.24, 2.45) is 5.92 Å². The molecule has 0 saturated heterocycles. The van der Waals surface area contributed by atoms with E-state index in [0.717, 1.165) is 21.9 Å². The third kappa shape index (κ3) is 8.24. The fourth-order valence-corrected chi connectivity index (χ4v) is 5.51. The first kappa shape index (κ1) is 31.8. The summed E-state index contributed by atoms with van der Waals surface area (Å²) in [6.45, 7) is 6.86. The number of amides is 1. The Morgan fingerprint density at radius 1 is 0.884 bits per heavy atom. The summed E-state index contributed by atoms with van der Waals surface area (Å²) < 4.78 is 23.0. The Morgan fingerprint density at radius 3 is 2.26 bits per heavy atom. The Morgan fingerprint density at radius 2 is 1.58 bits per heavy atom. The molecule has 3 unspecified atom stereocenters. The van der Waals surface area contributed by atoms with Gasteiger partial charge >= 0.3 is 11.9 Å². The third-order valence-electron chi connectivity index (χ3n) is 7.73. The van der Waals surface area contributed by atoms with Crippen LogP contribution in [0.1, 0.15) is 57.1 Å². The van der Waals surface area contributed by atoms with Crippen molar-refractivity contribution in [3.05, 3.63) is 71.8 Å². The van der Waals surface area contributed by atoms with Gasteiger partial charge in [0.25, 0.3) is 0 Å². The first-order chi connectivity index (χ1) is 20.7. The zero-order valence-corrected chi connectivity index (χ0v) is 24.7. The molecular weight excluding hydrogens is 554 g/mol. The van der Waals surface area contributed by atoms with Crippen molar-refractivity contribution in [2.75, 3.05) is 20.0 Å². The van der Waals surface area contributed by atoms with Crippen LogP contribution in [0, 0.1) is 5.92 Å². The van der Waals surface area contributed by atoms with E-state index >= 15 is 0 Å². The molecule has 0 bridgehead atoms. The Hall–Kier alpha value is -4.15. The number of ether oxygens (including phenoxy) is 4. The van der Waals surface area contributed by atoms with E-state index in [-0.39, 0.29) is 19.3 Å². The molecule has 0 fully saturated rings. The fourth-order valence-electron chi connectivity index (χ4n) is 5.51. The molecule has 2 N–H and O–H groups in total. The summed E-state index contributed by atoms with van der Waals surface area (Å²) in [7, 11) is 0. The molecule has 3 aromatic carbocycles. The van der Waals surface area contributed by atoms with Gasteiger partial charge in [0.05, 0.1) is 12.3 Å². The van der Waals surface area contributed by atoms with Gasteiger partial charge < -0.3 is 34.1 Å². The molecule has 1 heterocycles. The SMILES string of the molecule is CCOC(CC(c1ccc2c(c1)OCO2)C(C)N(Cc1ccc2ccccc2c1)C(=O)CC(CC(=O)O)C(=O)O)OCC. The molecule has 0 saturated carbocycles. The van der Waals surface area contributed by atoms with Crippen LogP contribution in [0.2, 0.25) is 0 Å². The van der Waals surface area contributed by atoms with Crippen LogP contribution in [-0.2, 0) is 30.4 Å². The molecule has 0 radical (unpaired) electrons. The van der Waals surface area contributed by atoms with Gasteiger partial charge in [0.1, 0.15) is 0 Å². The Balaban J connectivity index is 1.73. The topological polar surface area (TPSA) is 132 Å². The number of carbonyl (C=O) groups excluding carboxylic acids is 1. The van der Waals surface area contributed by atoms with Crippen molar-refractivity contribution in [1.82, 2.24) is 4.90 Å². The average Bonchev–Trinajstić information content (AvgIpc) is 3.46. The van der Waals surface area contributed by atoms with Crippen LogP contribution in [0.4, 0.5) is 0 Å².